The van der Waals surface area contributed by atoms with Gasteiger partial charge in [0, 0.05) is 23.6 Å². The van der Waals surface area contributed by atoms with Gasteiger partial charge in [-0.1, -0.05) is 6.92 Å². The van der Waals surface area contributed by atoms with E-state index in [0.717, 1.165) is 17.6 Å². The number of hydrazine groups is 1. The van der Waals surface area contributed by atoms with Crippen molar-refractivity contribution in [3.8, 4) is 0 Å². The van der Waals surface area contributed by atoms with Crippen LogP contribution in [0.3, 0.4) is 0 Å². The maximum Gasteiger partial charge on any atom is 0.143 e. The first-order valence-electron chi connectivity index (χ1n) is 6.61. The van der Waals surface area contributed by atoms with E-state index in [1.807, 2.05) is 6.07 Å². The lowest BCUT2D eigenvalue weighted by Gasteiger charge is -2.11. The minimum atomic E-state index is 0.538. The first-order valence-corrected chi connectivity index (χ1v) is 6.61. The number of nitrogens with one attached hydrogen (secondary N) is 1. The number of nitrogens with zero attached hydrogens (tertiary/aromatic N) is 2. The number of anilines is 1. The largest absolute Gasteiger partial charge is 0.308 e. The second kappa shape index (κ2) is 4.26. The Morgan fingerprint density at radius 3 is 2.53 bits per heavy atom. The summed E-state index contributed by atoms with van der Waals surface area (Å²) in [5.74, 6) is 9.28. The van der Waals surface area contributed by atoms with E-state index in [1.165, 1.54) is 37.8 Å². The SMILES string of the molecule is CC1CCC(c2nc(NN)cc(C3CC3)n2)C1. The highest BCUT2D eigenvalue weighted by Gasteiger charge is 2.29. The van der Waals surface area contributed by atoms with Crippen LogP contribution < -0.4 is 11.3 Å². The Balaban J connectivity index is 1.89. The molecule has 3 N–H and O–H groups in total. The summed E-state index contributed by atoms with van der Waals surface area (Å²) < 4.78 is 0. The van der Waals surface area contributed by atoms with E-state index in [9.17, 15) is 0 Å². The molecule has 4 heteroatoms. The molecule has 2 saturated carbocycles. The Bertz CT molecular complexity index is 414. The Labute approximate surface area is 102 Å². The molecule has 4 nitrogen and oxygen atoms in total. The van der Waals surface area contributed by atoms with E-state index < -0.39 is 0 Å². The molecule has 2 atom stereocenters. The van der Waals surface area contributed by atoms with Gasteiger partial charge in [-0.15, -0.1) is 0 Å². The number of nitrogen functional groups attached to an aromatic ring is 1. The van der Waals surface area contributed by atoms with E-state index in [0.29, 0.717) is 11.8 Å². The standard InChI is InChI=1S/C13H20N4/c1-8-2-3-10(6-8)13-15-11(9-4-5-9)7-12(16-13)17-14/h7-10H,2-6,14H2,1H3,(H,15,16,17). The highest BCUT2D eigenvalue weighted by atomic mass is 15.3. The van der Waals surface area contributed by atoms with Gasteiger partial charge in [-0.05, 0) is 38.0 Å². The number of rotatable bonds is 3. The van der Waals surface area contributed by atoms with E-state index in [1.54, 1.807) is 0 Å². The van der Waals surface area contributed by atoms with Gasteiger partial charge in [0.15, 0.2) is 0 Å². The fraction of sp³-hybridized carbons (Fsp3) is 0.692. The van der Waals surface area contributed by atoms with Crippen molar-refractivity contribution in [3.63, 3.8) is 0 Å². The summed E-state index contributed by atoms with van der Waals surface area (Å²) in [4.78, 5) is 9.28. The number of hydrogen-bond acceptors (Lipinski definition) is 4. The fourth-order valence-corrected chi connectivity index (χ4v) is 2.77. The van der Waals surface area contributed by atoms with Gasteiger partial charge >= 0.3 is 0 Å². The number of aromatic nitrogens is 2. The maximum atomic E-state index is 5.49. The zero-order valence-corrected chi connectivity index (χ0v) is 10.3. The van der Waals surface area contributed by atoms with Gasteiger partial charge < -0.3 is 5.43 Å². The van der Waals surface area contributed by atoms with Crippen LogP contribution in [0.25, 0.3) is 0 Å². The molecule has 0 saturated heterocycles. The quantitative estimate of drug-likeness (QED) is 0.621. The molecule has 2 unspecified atom stereocenters. The molecule has 2 aliphatic rings. The molecule has 3 rings (SSSR count). The molecule has 17 heavy (non-hydrogen) atoms. The number of hydrogen-bond donors (Lipinski definition) is 2. The van der Waals surface area contributed by atoms with Crippen molar-refractivity contribution in [2.45, 2.75) is 50.9 Å². The summed E-state index contributed by atoms with van der Waals surface area (Å²) in [5.41, 5.74) is 3.86. The van der Waals surface area contributed by atoms with Crippen LogP contribution in [-0.2, 0) is 0 Å². The molecule has 92 valence electrons. The fourth-order valence-electron chi connectivity index (χ4n) is 2.77. The van der Waals surface area contributed by atoms with E-state index >= 15 is 0 Å². The molecule has 1 aromatic heterocycles. The topological polar surface area (TPSA) is 63.8 Å². The zero-order valence-electron chi connectivity index (χ0n) is 10.3. The summed E-state index contributed by atoms with van der Waals surface area (Å²) in [6, 6.07) is 2.00. The molecule has 0 aromatic carbocycles. The maximum absolute atomic E-state index is 5.49. The second-order valence-corrected chi connectivity index (χ2v) is 5.57. The molecular weight excluding hydrogens is 212 g/mol. The Morgan fingerprint density at radius 2 is 1.94 bits per heavy atom. The first-order chi connectivity index (χ1) is 8.26. The molecule has 1 heterocycles. The summed E-state index contributed by atoms with van der Waals surface area (Å²) in [7, 11) is 0. The molecule has 0 bridgehead atoms. The molecule has 2 fully saturated rings. The lowest BCUT2D eigenvalue weighted by molar-refractivity contribution is 0.584. The van der Waals surface area contributed by atoms with Crippen LogP contribution in [0.2, 0.25) is 0 Å². The first kappa shape index (κ1) is 11.0. The van der Waals surface area contributed by atoms with E-state index in [-0.39, 0.29) is 0 Å². The van der Waals surface area contributed by atoms with Crippen molar-refractivity contribution >= 4 is 5.82 Å². The van der Waals surface area contributed by atoms with Gasteiger partial charge in [-0.2, -0.15) is 0 Å². The molecule has 2 aliphatic carbocycles. The normalized spacial score (nSPS) is 28.4. The van der Waals surface area contributed by atoms with Crippen molar-refractivity contribution in [2.24, 2.45) is 11.8 Å². The van der Waals surface area contributed by atoms with Crippen molar-refractivity contribution < 1.29 is 0 Å². The number of nitrogens with two attached hydrogens (primary N) is 1. The van der Waals surface area contributed by atoms with E-state index in [2.05, 4.69) is 17.3 Å². The highest BCUT2D eigenvalue weighted by Crippen LogP contribution is 2.41. The van der Waals surface area contributed by atoms with Crippen LogP contribution in [0.5, 0.6) is 0 Å². The van der Waals surface area contributed by atoms with Crippen LogP contribution in [-0.4, -0.2) is 9.97 Å². The van der Waals surface area contributed by atoms with Gasteiger partial charge in [0.2, 0.25) is 0 Å². The lowest BCUT2D eigenvalue weighted by Crippen LogP contribution is -2.12. The van der Waals surface area contributed by atoms with Gasteiger partial charge in [0.1, 0.15) is 11.6 Å². The van der Waals surface area contributed by atoms with Crippen LogP contribution in [0.15, 0.2) is 6.07 Å². The predicted octanol–water partition coefficient (Wildman–Crippen LogP) is 2.54. The molecule has 0 radical (unpaired) electrons. The van der Waals surface area contributed by atoms with Gasteiger partial charge in [0.05, 0.1) is 0 Å². The Morgan fingerprint density at radius 1 is 1.18 bits per heavy atom. The Kier molecular flexibility index (Phi) is 2.74. The van der Waals surface area contributed by atoms with Crippen LogP contribution >= 0.6 is 0 Å². The van der Waals surface area contributed by atoms with Crippen molar-refractivity contribution in [1.29, 1.82) is 0 Å². The highest BCUT2D eigenvalue weighted by molar-refractivity contribution is 5.37. The van der Waals surface area contributed by atoms with Crippen LogP contribution in [0, 0.1) is 5.92 Å². The Hall–Kier alpha value is -1.16. The van der Waals surface area contributed by atoms with Crippen molar-refractivity contribution in [3.05, 3.63) is 17.6 Å². The van der Waals surface area contributed by atoms with Gasteiger partial charge in [-0.25, -0.2) is 15.8 Å². The minimum absolute atomic E-state index is 0.538. The van der Waals surface area contributed by atoms with Crippen LogP contribution in [0.4, 0.5) is 5.82 Å². The summed E-state index contributed by atoms with van der Waals surface area (Å²) in [6.45, 7) is 2.31. The predicted molar refractivity (Wildman–Crippen MR) is 67.6 cm³/mol. The van der Waals surface area contributed by atoms with E-state index in [4.69, 9.17) is 10.8 Å². The summed E-state index contributed by atoms with van der Waals surface area (Å²) >= 11 is 0. The molecule has 0 spiro atoms. The lowest BCUT2D eigenvalue weighted by atomic mass is 10.1. The third-order valence-corrected chi connectivity index (χ3v) is 3.97. The van der Waals surface area contributed by atoms with Gasteiger partial charge in [-0.3, -0.25) is 0 Å². The monoisotopic (exact) mass is 232 g/mol. The third kappa shape index (κ3) is 2.27. The average Bonchev–Trinajstić information content (AvgIpc) is 3.11. The zero-order chi connectivity index (χ0) is 11.8. The molecule has 0 aliphatic heterocycles. The van der Waals surface area contributed by atoms with Crippen LogP contribution in [0.1, 0.15) is 62.4 Å². The van der Waals surface area contributed by atoms with Crippen molar-refractivity contribution in [2.75, 3.05) is 5.43 Å². The summed E-state index contributed by atoms with van der Waals surface area (Å²) in [6.07, 6.45) is 6.27. The molecular formula is C13H20N4. The second-order valence-electron chi connectivity index (χ2n) is 5.57. The smallest absolute Gasteiger partial charge is 0.143 e. The van der Waals surface area contributed by atoms with Crippen molar-refractivity contribution in [1.82, 2.24) is 9.97 Å². The minimum Gasteiger partial charge on any atom is -0.308 e. The third-order valence-electron chi connectivity index (χ3n) is 3.97. The summed E-state index contributed by atoms with van der Waals surface area (Å²) in [5, 5.41) is 0. The average molecular weight is 232 g/mol. The molecule has 0 amide bonds. The van der Waals surface area contributed by atoms with Gasteiger partial charge in [0.25, 0.3) is 0 Å². The molecule has 1 aromatic rings.